The fraction of sp³-hybridized carbons (Fsp3) is 0.500. The number of allylic oxidation sites excluding steroid dienone is 5. The summed E-state index contributed by atoms with van der Waals surface area (Å²) < 4.78 is 0. The van der Waals surface area contributed by atoms with Crippen molar-refractivity contribution in [1.29, 1.82) is 0 Å². The second kappa shape index (κ2) is 4.31. The standard InChI is InChI=1S/C12H17N/c1-2-6-12(7-3-1)8-11-13-9-4-5-10-13/h2,6-8,11H,1,3-5,9-10H2/b11-8+. The van der Waals surface area contributed by atoms with Crippen LogP contribution in [0.15, 0.2) is 36.1 Å². The highest BCUT2D eigenvalue weighted by Crippen LogP contribution is 2.13. The molecule has 0 bridgehead atoms. The first kappa shape index (κ1) is 8.61. The van der Waals surface area contributed by atoms with E-state index in [1.807, 2.05) is 0 Å². The Bertz CT molecular complexity index is 242. The van der Waals surface area contributed by atoms with Crippen LogP contribution in [0.1, 0.15) is 25.7 Å². The smallest absolute Gasteiger partial charge is 0.0173 e. The fourth-order valence-electron chi connectivity index (χ4n) is 1.84. The van der Waals surface area contributed by atoms with Gasteiger partial charge in [0.15, 0.2) is 0 Å². The molecule has 13 heavy (non-hydrogen) atoms. The Morgan fingerprint density at radius 1 is 1.15 bits per heavy atom. The topological polar surface area (TPSA) is 3.24 Å². The highest BCUT2D eigenvalue weighted by molar-refractivity contribution is 5.32. The van der Waals surface area contributed by atoms with Gasteiger partial charge in [-0.15, -0.1) is 0 Å². The molecule has 2 aliphatic rings. The molecular formula is C12H17N. The van der Waals surface area contributed by atoms with Crippen LogP contribution in [0.4, 0.5) is 0 Å². The SMILES string of the molecule is C1=CC(/C=C/N2CCCC2)=CCC1. The van der Waals surface area contributed by atoms with Gasteiger partial charge in [0, 0.05) is 13.1 Å². The summed E-state index contributed by atoms with van der Waals surface area (Å²) in [6, 6.07) is 0. The van der Waals surface area contributed by atoms with Crippen molar-refractivity contribution < 1.29 is 0 Å². The minimum absolute atomic E-state index is 1.20. The van der Waals surface area contributed by atoms with Gasteiger partial charge in [-0.2, -0.15) is 0 Å². The van der Waals surface area contributed by atoms with Crippen LogP contribution in [-0.4, -0.2) is 18.0 Å². The number of rotatable bonds is 2. The van der Waals surface area contributed by atoms with Crippen LogP contribution in [0.25, 0.3) is 0 Å². The van der Waals surface area contributed by atoms with Gasteiger partial charge in [0.2, 0.25) is 0 Å². The lowest BCUT2D eigenvalue weighted by Crippen LogP contribution is -2.10. The predicted octanol–water partition coefficient (Wildman–Crippen LogP) is 2.87. The molecule has 1 fully saturated rings. The van der Waals surface area contributed by atoms with E-state index in [1.54, 1.807) is 0 Å². The molecule has 70 valence electrons. The Morgan fingerprint density at radius 2 is 2.00 bits per heavy atom. The van der Waals surface area contributed by atoms with Gasteiger partial charge in [-0.3, -0.25) is 0 Å². The lowest BCUT2D eigenvalue weighted by Gasteiger charge is -2.10. The molecule has 1 heteroatoms. The van der Waals surface area contributed by atoms with Gasteiger partial charge in [0.05, 0.1) is 0 Å². The average molecular weight is 175 g/mol. The molecule has 1 heterocycles. The van der Waals surface area contributed by atoms with Crippen molar-refractivity contribution in [3.8, 4) is 0 Å². The van der Waals surface area contributed by atoms with E-state index in [1.165, 1.54) is 44.3 Å². The normalized spacial score (nSPS) is 22.8. The van der Waals surface area contributed by atoms with Crippen LogP contribution >= 0.6 is 0 Å². The van der Waals surface area contributed by atoms with Crippen LogP contribution in [0.2, 0.25) is 0 Å². The molecule has 0 spiro atoms. The summed E-state index contributed by atoms with van der Waals surface area (Å²) in [6.07, 6.45) is 16.4. The molecule has 1 nitrogen and oxygen atoms in total. The Hall–Kier alpha value is -0.980. The Kier molecular flexibility index (Phi) is 2.86. The molecule has 0 atom stereocenters. The molecule has 0 aromatic rings. The second-order valence-electron chi connectivity index (χ2n) is 3.74. The lowest BCUT2D eigenvalue weighted by molar-refractivity contribution is 0.468. The molecule has 1 aliphatic carbocycles. The monoisotopic (exact) mass is 175 g/mol. The summed E-state index contributed by atoms with van der Waals surface area (Å²) in [5, 5.41) is 0. The molecule has 0 aromatic carbocycles. The van der Waals surface area contributed by atoms with Crippen LogP contribution < -0.4 is 0 Å². The van der Waals surface area contributed by atoms with Crippen molar-refractivity contribution >= 4 is 0 Å². The third-order valence-corrected chi connectivity index (χ3v) is 2.64. The zero-order valence-electron chi connectivity index (χ0n) is 8.08. The van der Waals surface area contributed by atoms with E-state index in [0.29, 0.717) is 0 Å². The molecule has 0 aromatic heterocycles. The van der Waals surface area contributed by atoms with Crippen LogP contribution in [0, 0.1) is 0 Å². The molecule has 2 rings (SSSR count). The van der Waals surface area contributed by atoms with Crippen molar-refractivity contribution in [3.63, 3.8) is 0 Å². The molecule has 0 radical (unpaired) electrons. The lowest BCUT2D eigenvalue weighted by atomic mass is 10.1. The quantitative estimate of drug-likeness (QED) is 0.623. The fourth-order valence-corrected chi connectivity index (χ4v) is 1.84. The largest absolute Gasteiger partial charge is 0.377 e. The van der Waals surface area contributed by atoms with Gasteiger partial charge in [0.25, 0.3) is 0 Å². The number of hydrogen-bond donors (Lipinski definition) is 0. The molecule has 0 saturated carbocycles. The van der Waals surface area contributed by atoms with Gasteiger partial charge < -0.3 is 4.90 Å². The first-order valence-electron chi connectivity index (χ1n) is 5.24. The zero-order chi connectivity index (χ0) is 8.93. The van der Waals surface area contributed by atoms with E-state index in [2.05, 4.69) is 35.4 Å². The zero-order valence-corrected chi connectivity index (χ0v) is 8.08. The van der Waals surface area contributed by atoms with Gasteiger partial charge in [-0.25, -0.2) is 0 Å². The highest BCUT2D eigenvalue weighted by atomic mass is 15.1. The van der Waals surface area contributed by atoms with Crippen molar-refractivity contribution in [2.24, 2.45) is 0 Å². The molecular weight excluding hydrogens is 158 g/mol. The minimum Gasteiger partial charge on any atom is -0.377 e. The van der Waals surface area contributed by atoms with Crippen molar-refractivity contribution in [1.82, 2.24) is 4.90 Å². The minimum atomic E-state index is 1.20. The van der Waals surface area contributed by atoms with E-state index in [4.69, 9.17) is 0 Å². The summed E-state index contributed by atoms with van der Waals surface area (Å²) in [4.78, 5) is 2.41. The summed E-state index contributed by atoms with van der Waals surface area (Å²) in [5.74, 6) is 0. The van der Waals surface area contributed by atoms with E-state index in [-0.39, 0.29) is 0 Å². The van der Waals surface area contributed by atoms with Gasteiger partial charge in [0.1, 0.15) is 0 Å². The Labute approximate surface area is 80.4 Å². The molecule has 1 aliphatic heterocycles. The van der Waals surface area contributed by atoms with E-state index < -0.39 is 0 Å². The Morgan fingerprint density at radius 3 is 2.69 bits per heavy atom. The maximum atomic E-state index is 2.41. The van der Waals surface area contributed by atoms with Crippen LogP contribution in [0.5, 0.6) is 0 Å². The van der Waals surface area contributed by atoms with Gasteiger partial charge >= 0.3 is 0 Å². The molecule has 0 N–H and O–H groups in total. The average Bonchev–Trinajstić information content (AvgIpc) is 2.69. The van der Waals surface area contributed by atoms with Crippen LogP contribution in [0.3, 0.4) is 0 Å². The first-order valence-corrected chi connectivity index (χ1v) is 5.24. The van der Waals surface area contributed by atoms with E-state index in [0.717, 1.165) is 0 Å². The van der Waals surface area contributed by atoms with Crippen molar-refractivity contribution in [3.05, 3.63) is 36.1 Å². The van der Waals surface area contributed by atoms with Gasteiger partial charge in [-0.05, 0) is 43.5 Å². The summed E-state index contributed by atoms with van der Waals surface area (Å²) in [7, 11) is 0. The summed E-state index contributed by atoms with van der Waals surface area (Å²) >= 11 is 0. The summed E-state index contributed by atoms with van der Waals surface area (Å²) in [6.45, 7) is 2.49. The van der Waals surface area contributed by atoms with E-state index in [9.17, 15) is 0 Å². The third kappa shape index (κ3) is 2.48. The maximum absolute atomic E-state index is 2.41. The third-order valence-electron chi connectivity index (χ3n) is 2.64. The van der Waals surface area contributed by atoms with Crippen LogP contribution in [-0.2, 0) is 0 Å². The van der Waals surface area contributed by atoms with E-state index >= 15 is 0 Å². The number of hydrogen-bond acceptors (Lipinski definition) is 1. The number of likely N-dealkylation sites (tertiary alicyclic amines) is 1. The first-order chi connectivity index (χ1) is 6.45. The maximum Gasteiger partial charge on any atom is 0.0173 e. The second-order valence-corrected chi connectivity index (χ2v) is 3.74. The molecule has 0 amide bonds. The number of nitrogens with zero attached hydrogens (tertiary/aromatic N) is 1. The van der Waals surface area contributed by atoms with Crippen molar-refractivity contribution in [2.45, 2.75) is 25.7 Å². The van der Waals surface area contributed by atoms with Gasteiger partial charge in [-0.1, -0.05) is 18.2 Å². The molecule has 1 saturated heterocycles. The highest BCUT2D eigenvalue weighted by Gasteiger charge is 2.05. The van der Waals surface area contributed by atoms with Crippen molar-refractivity contribution in [2.75, 3.05) is 13.1 Å². The predicted molar refractivity (Wildman–Crippen MR) is 56.4 cm³/mol. The Balaban J connectivity index is 1.88. The molecule has 0 unspecified atom stereocenters. The summed E-state index contributed by atoms with van der Waals surface area (Å²) in [5.41, 5.74) is 1.37.